The van der Waals surface area contributed by atoms with Crippen molar-refractivity contribution in [2.24, 2.45) is 4.99 Å². The summed E-state index contributed by atoms with van der Waals surface area (Å²) in [6.45, 7) is 5.62. The predicted octanol–water partition coefficient (Wildman–Crippen LogP) is 1.60. The molecule has 1 aromatic carbocycles. The molecule has 0 fully saturated rings. The van der Waals surface area contributed by atoms with Gasteiger partial charge in [0.15, 0.2) is 5.96 Å². The van der Waals surface area contributed by atoms with E-state index in [1.807, 2.05) is 6.92 Å². The van der Waals surface area contributed by atoms with Crippen LogP contribution in [-0.4, -0.2) is 50.8 Å². The van der Waals surface area contributed by atoms with Crippen LogP contribution in [0.2, 0.25) is 0 Å². The molecule has 0 aliphatic rings. The van der Waals surface area contributed by atoms with Crippen LogP contribution in [0.15, 0.2) is 29.3 Å². The average molecular weight is 323 g/mol. The maximum Gasteiger partial charge on any atom is 0.269 e. The highest BCUT2D eigenvalue weighted by Gasteiger charge is 2.03. The third-order valence-electron chi connectivity index (χ3n) is 3.01. The minimum absolute atomic E-state index is 0.0883. The smallest absolute Gasteiger partial charge is 0.269 e. The van der Waals surface area contributed by atoms with Crippen LogP contribution in [0.3, 0.4) is 0 Å². The molecule has 8 nitrogen and oxygen atoms in total. The van der Waals surface area contributed by atoms with Gasteiger partial charge in [0.1, 0.15) is 0 Å². The van der Waals surface area contributed by atoms with Gasteiger partial charge in [0.25, 0.3) is 5.69 Å². The van der Waals surface area contributed by atoms with Crippen LogP contribution in [0.1, 0.15) is 13.3 Å². The summed E-state index contributed by atoms with van der Waals surface area (Å²) >= 11 is 0. The second-order valence-corrected chi connectivity index (χ2v) is 4.71. The topological polar surface area (TPSA) is 101 Å². The number of ether oxygens (including phenoxy) is 1. The second-order valence-electron chi connectivity index (χ2n) is 4.71. The van der Waals surface area contributed by atoms with Gasteiger partial charge in [-0.05, 0) is 25.5 Å². The van der Waals surface area contributed by atoms with Gasteiger partial charge in [-0.25, -0.2) is 0 Å². The Labute approximate surface area is 136 Å². The van der Waals surface area contributed by atoms with Crippen LogP contribution in [0.25, 0.3) is 0 Å². The molecule has 0 atom stereocenters. The molecule has 0 unspecified atom stereocenters. The third kappa shape index (κ3) is 8.01. The molecule has 1 rings (SSSR count). The number of nitrogens with zero attached hydrogens (tertiary/aromatic N) is 2. The van der Waals surface area contributed by atoms with Crippen molar-refractivity contribution in [3.05, 3.63) is 34.4 Å². The zero-order valence-corrected chi connectivity index (χ0v) is 13.7. The van der Waals surface area contributed by atoms with Gasteiger partial charge in [0, 0.05) is 57.7 Å². The molecule has 8 heteroatoms. The highest BCUT2D eigenvalue weighted by Crippen LogP contribution is 2.14. The van der Waals surface area contributed by atoms with Crippen LogP contribution < -0.4 is 16.0 Å². The number of rotatable bonds is 10. The quantitative estimate of drug-likeness (QED) is 0.199. The lowest BCUT2D eigenvalue weighted by Crippen LogP contribution is -2.40. The van der Waals surface area contributed by atoms with Crippen molar-refractivity contribution in [3.8, 4) is 0 Å². The highest BCUT2D eigenvalue weighted by atomic mass is 16.6. The standard InChI is InChI=1S/C15H25N5O3/c1-3-23-12-4-9-18-15(16-2)19-11-10-17-13-5-7-14(8-6-13)20(21)22/h5-8,17H,3-4,9-12H2,1-2H3,(H2,16,18,19). The summed E-state index contributed by atoms with van der Waals surface area (Å²) in [6.07, 6.45) is 0.926. The number of aliphatic imine (C=N–C) groups is 1. The van der Waals surface area contributed by atoms with Gasteiger partial charge in [-0.1, -0.05) is 0 Å². The number of nitro benzene ring substituents is 1. The molecule has 0 aliphatic heterocycles. The Balaban J connectivity index is 2.18. The monoisotopic (exact) mass is 323 g/mol. The summed E-state index contributed by atoms with van der Waals surface area (Å²) in [6, 6.07) is 6.35. The SMILES string of the molecule is CCOCCCNC(=NC)NCCNc1ccc([N+](=O)[O-])cc1. The molecular weight excluding hydrogens is 298 g/mol. The predicted molar refractivity (Wildman–Crippen MR) is 92.1 cm³/mol. The molecule has 0 saturated heterocycles. The Hall–Kier alpha value is -2.35. The van der Waals surface area contributed by atoms with E-state index in [2.05, 4.69) is 20.9 Å². The van der Waals surface area contributed by atoms with Gasteiger partial charge in [0.2, 0.25) is 0 Å². The first-order valence-corrected chi connectivity index (χ1v) is 7.68. The molecule has 128 valence electrons. The van der Waals surface area contributed by atoms with Crippen molar-refractivity contribution < 1.29 is 9.66 Å². The first-order valence-electron chi connectivity index (χ1n) is 7.68. The van der Waals surface area contributed by atoms with Crippen LogP contribution in [0, 0.1) is 10.1 Å². The van der Waals surface area contributed by atoms with Crippen LogP contribution in [0.5, 0.6) is 0 Å². The minimum atomic E-state index is -0.410. The molecule has 0 bridgehead atoms. The summed E-state index contributed by atoms with van der Waals surface area (Å²) in [5, 5.41) is 20.1. The molecule has 0 radical (unpaired) electrons. The highest BCUT2D eigenvalue weighted by molar-refractivity contribution is 5.79. The van der Waals surface area contributed by atoms with E-state index < -0.39 is 4.92 Å². The second kappa shape index (κ2) is 11.2. The zero-order valence-electron chi connectivity index (χ0n) is 13.7. The number of nitrogens with one attached hydrogen (secondary N) is 3. The number of hydrogen-bond donors (Lipinski definition) is 3. The van der Waals surface area contributed by atoms with E-state index in [-0.39, 0.29) is 5.69 Å². The number of hydrogen-bond acceptors (Lipinski definition) is 5. The molecular formula is C15H25N5O3. The summed E-state index contributed by atoms with van der Waals surface area (Å²) in [5.41, 5.74) is 0.933. The van der Waals surface area contributed by atoms with Crippen molar-refractivity contribution in [3.63, 3.8) is 0 Å². The number of benzene rings is 1. The average Bonchev–Trinajstić information content (AvgIpc) is 2.57. The first-order chi connectivity index (χ1) is 11.2. The molecule has 1 aromatic rings. The molecule has 0 aromatic heterocycles. The van der Waals surface area contributed by atoms with E-state index >= 15 is 0 Å². The Morgan fingerprint density at radius 2 is 1.91 bits per heavy atom. The van der Waals surface area contributed by atoms with Crippen molar-refractivity contribution in [2.45, 2.75) is 13.3 Å². The van der Waals surface area contributed by atoms with Crippen molar-refractivity contribution in [1.29, 1.82) is 0 Å². The lowest BCUT2D eigenvalue weighted by molar-refractivity contribution is -0.384. The van der Waals surface area contributed by atoms with Crippen molar-refractivity contribution >= 4 is 17.3 Å². The van der Waals surface area contributed by atoms with E-state index in [0.717, 1.165) is 37.8 Å². The molecule has 0 aliphatic carbocycles. The molecule has 0 amide bonds. The summed E-state index contributed by atoms with van der Waals surface area (Å²) in [5.74, 6) is 0.743. The molecule has 0 heterocycles. The largest absolute Gasteiger partial charge is 0.383 e. The number of anilines is 1. The van der Waals surface area contributed by atoms with Gasteiger partial charge < -0.3 is 20.7 Å². The minimum Gasteiger partial charge on any atom is -0.383 e. The maximum atomic E-state index is 10.6. The van der Waals surface area contributed by atoms with E-state index in [0.29, 0.717) is 13.1 Å². The fraction of sp³-hybridized carbons (Fsp3) is 0.533. The zero-order chi connectivity index (χ0) is 16.9. The lowest BCUT2D eigenvalue weighted by Gasteiger charge is -2.12. The van der Waals surface area contributed by atoms with Crippen molar-refractivity contribution in [1.82, 2.24) is 10.6 Å². The summed E-state index contributed by atoms with van der Waals surface area (Å²) < 4.78 is 5.27. The molecule has 0 spiro atoms. The van der Waals surface area contributed by atoms with Gasteiger partial charge in [-0.3, -0.25) is 15.1 Å². The Kier molecular flexibility index (Phi) is 9.14. The molecule has 3 N–H and O–H groups in total. The maximum absolute atomic E-state index is 10.6. The van der Waals surface area contributed by atoms with E-state index in [1.54, 1.807) is 19.2 Å². The fourth-order valence-electron chi connectivity index (χ4n) is 1.83. The first kappa shape index (κ1) is 18.7. The van der Waals surface area contributed by atoms with E-state index in [9.17, 15) is 10.1 Å². The molecule has 0 saturated carbocycles. The van der Waals surface area contributed by atoms with Gasteiger partial charge in [0.05, 0.1) is 4.92 Å². The summed E-state index contributed by atoms with van der Waals surface area (Å²) in [7, 11) is 1.72. The van der Waals surface area contributed by atoms with Gasteiger partial charge in [-0.2, -0.15) is 0 Å². The Morgan fingerprint density at radius 1 is 1.22 bits per heavy atom. The lowest BCUT2D eigenvalue weighted by atomic mass is 10.3. The van der Waals surface area contributed by atoms with E-state index in [1.165, 1.54) is 12.1 Å². The summed E-state index contributed by atoms with van der Waals surface area (Å²) in [4.78, 5) is 14.3. The Morgan fingerprint density at radius 3 is 2.52 bits per heavy atom. The van der Waals surface area contributed by atoms with Crippen molar-refractivity contribution in [2.75, 3.05) is 45.2 Å². The van der Waals surface area contributed by atoms with Gasteiger partial charge >= 0.3 is 0 Å². The Bertz CT molecular complexity index is 490. The van der Waals surface area contributed by atoms with Crippen LogP contribution in [-0.2, 0) is 4.74 Å². The fourth-order valence-corrected chi connectivity index (χ4v) is 1.83. The van der Waals surface area contributed by atoms with E-state index in [4.69, 9.17) is 4.74 Å². The molecule has 23 heavy (non-hydrogen) atoms. The van der Waals surface area contributed by atoms with Crippen LogP contribution >= 0.6 is 0 Å². The van der Waals surface area contributed by atoms with Crippen LogP contribution in [0.4, 0.5) is 11.4 Å². The number of guanidine groups is 1. The van der Waals surface area contributed by atoms with Gasteiger partial charge in [-0.15, -0.1) is 0 Å². The normalized spacial score (nSPS) is 11.1. The number of nitro groups is 1. The number of non-ortho nitro benzene ring substituents is 1. The third-order valence-corrected chi connectivity index (χ3v) is 3.01.